The van der Waals surface area contributed by atoms with Crippen molar-refractivity contribution in [2.24, 2.45) is 5.41 Å². The average Bonchev–Trinajstić information content (AvgIpc) is 2.25. The number of hydrogen-bond donors (Lipinski definition) is 1. The van der Waals surface area contributed by atoms with Gasteiger partial charge in [-0.15, -0.1) is 0 Å². The molecule has 0 atom stereocenters. The molecule has 1 aromatic rings. The highest BCUT2D eigenvalue weighted by atomic mass is 16.5. The smallest absolute Gasteiger partial charge is 0.0579 e. The van der Waals surface area contributed by atoms with Gasteiger partial charge in [0, 0.05) is 25.5 Å². The summed E-state index contributed by atoms with van der Waals surface area (Å²) in [6, 6.07) is 4.03. The Balaban J connectivity index is 1.87. The molecule has 16 heavy (non-hydrogen) atoms. The van der Waals surface area contributed by atoms with Gasteiger partial charge in [0.1, 0.15) is 0 Å². The van der Waals surface area contributed by atoms with Crippen LogP contribution in [0.25, 0.3) is 0 Å². The Morgan fingerprint density at radius 3 is 2.62 bits per heavy atom. The number of rotatable bonds is 5. The Bertz CT molecular complexity index is 320. The van der Waals surface area contributed by atoms with Gasteiger partial charge in [0.15, 0.2) is 0 Å². The lowest BCUT2D eigenvalue weighted by Gasteiger charge is -2.42. The number of aliphatic hydroxyl groups is 1. The molecule has 0 aromatic carbocycles. The van der Waals surface area contributed by atoms with Crippen molar-refractivity contribution in [1.82, 2.24) is 9.88 Å². The van der Waals surface area contributed by atoms with Crippen LogP contribution >= 0.6 is 0 Å². The van der Waals surface area contributed by atoms with E-state index in [0.717, 1.165) is 13.1 Å². The Morgan fingerprint density at radius 2 is 2.12 bits per heavy atom. The summed E-state index contributed by atoms with van der Waals surface area (Å²) in [4.78, 5) is 6.21. The van der Waals surface area contributed by atoms with Crippen LogP contribution in [0.1, 0.15) is 5.56 Å². The van der Waals surface area contributed by atoms with Gasteiger partial charge < -0.3 is 14.7 Å². The maximum Gasteiger partial charge on any atom is 0.0579 e. The molecule has 0 spiro atoms. The predicted octanol–water partition coefficient (Wildman–Crippen LogP) is 0.522. The van der Waals surface area contributed by atoms with E-state index in [1.54, 1.807) is 12.4 Å². The topological polar surface area (TPSA) is 45.6 Å². The minimum Gasteiger partial charge on any atom is -0.396 e. The maximum atomic E-state index is 9.33. The van der Waals surface area contributed by atoms with E-state index in [1.165, 1.54) is 5.56 Å². The van der Waals surface area contributed by atoms with Crippen LogP contribution in [0.5, 0.6) is 0 Å². The first-order valence-electron chi connectivity index (χ1n) is 5.50. The van der Waals surface area contributed by atoms with E-state index in [0.29, 0.717) is 13.2 Å². The number of nitrogens with zero attached hydrogens (tertiary/aromatic N) is 2. The summed E-state index contributed by atoms with van der Waals surface area (Å²) in [6.45, 7) is 3.29. The molecular weight excluding hydrogens is 204 g/mol. The van der Waals surface area contributed by atoms with Crippen LogP contribution in [-0.4, -0.2) is 48.4 Å². The van der Waals surface area contributed by atoms with Crippen molar-refractivity contribution in [3.05, 3.63) is 30.1 Å². The predicted molar refractivity (Wildman–Crippen MR) is 60.9 cm³/mol. The van der Waals surface area contributed by atoms with E-state index in [4.69, 9.17) is 4.74 Å². The fraction of sp³-hybridized carbons (Fsp3) is 0.583. The van der Waals surface area contributed by atoms with Crippen molar-refractivity contribution in [2.75, 3.05) is 33.4 Å². The SMILES string of the molecule is CN(Cc1ccncc1)CC1(CO)COC1. The van der Waals surface area contributed by atoms with Crippen molar-refractivity contribution < 1.29 is 9.84 Å². The zero-order valence-corrected chi connectivity index (χ0v) is 9.59. The van der Waals surface area contributed by atoms with Crippen LogP contribution < -0.4 is 0 Å². The summed E-state index contributed by atoms with van der Waals surface area (Å²) in [7, 11) is 2.07. The second-order valence-electron chi connectivity index (χ2n) is 4.68. The summed E-state index contributed by atoms with van der Waals surface area (Å²) in [5.74, 6) is 0. The molecule has 4 heteroatoms. The molecule has 2 heterocycles. The molecule has 0 radical (unpaired) electrons. The molecule has 0 saturated carbocycles. The van der Waals surface area contributed by atoms with E-state index >= 15 is 0 Å². The van der Waals surface area contributed by atoms with E-state index < -0.39 is 0 Å². The second kappa shape index (κ2) is 4.91. The second-order valence-corrected chi connectivity index (χ2v) is 4.68. The third-order valence-electron chi connectivity index (χ3n) is 2.96. The fourth-order valence-electron chi connectivity index (χ4n) is 2.05. The summed E-state index contributed by atoms with van der Waals surface area (Å²) < 4.78 is 5.18. The molecule has 4 nitrogen and oxygen atoms in total. The van der Waals surface area contributed by atoms with Crippen LogP contribution in [0, 0.1) is 5.41 Å². The zero-order valence-electron chi connectivity index (χ0n) is 9.59. The van der Waals surface area contributed by atoms with Gasteiger partial charge in [-0.2, -0.15) is 0 Å². The lowest BCUT2D eigenvalue weighted by molar-refractivity contribution is -0.147. The molecule has 0 amide bonds. The normalized spacial score (nSPS) is 18.4. The van der Waals surface area contributed by atoms with Gasteiger partial charge in [0.05, 0.1) is 25.2 Å². The molecule has 1 saturated heterocycles. The third kappa shape index (κ3) is 2.58. The lowest BCUT2D eigenvalue weighted by atomic mass is 9.86. The molecule has 1 N–H and O–H groups in total. The van der Waals surface area contributed by atoms with Gasteiger partial charge in [-0.25, -0.2) is 0 Å². The first-order chi connectivity index (χ1) is 7.74. The Hall–Kier alpha value is -0.970. The highest BCUT2D eigenvalue weighted by molar-refractivity contribution is 5.09. The van der Waals surface area contributed by atoms with Gasteiger partial charge in [0.2, 0.25) is 0 Å². The fourth-order valence-corrected chi connectivity index (χ4v) is 2.05. The third-order valence-corrected chi connectivity index (χ3v) is 2.96. The van der Waals surface area contributed by atoms with Gasteiger partial charge in [0.25, 0.3) is 0 Å². The summed E-state index contributed by atoms with van der Waals surface area (Å²) in [5, 5.41) is 9.33. The number of aliphatic hydroxyl groups excluding tert-OH is 1. The van der Waals surface area contributed by atoms with Crippen molar-refractivity contribution in [2.45, 2.75) is 6.54 Å². The van der Waals surface area contributed by atoms with Gasteiger partial charge >= 0.3 is 0 Å². The van der Waals surface area contributed by atoms with E-state index in [9.17, 15) is 5.11 Å². The first-order valence-corrected chi connectivity index (χ1v) is 5.50. The van der Waals surface area contributed by atoms with Crippen LogP contribution in [0.4, 0.5) is 0 Å². The van der Waals surface area contributed by atoms with Gasteiger partial charge in [-0.3, -0.25) is 4.98 Å². The number of aromatic nitrogens is 1. The van der Waals surface area contributed by atoms with Crippen LogP contribution in [0.3, 0.4) is 0 Å². The number of ether oxygens (including phenoxy) is 1. The summed E-state index contributed by atoms with van der Waals surface area (Å²) in [5.41, 5.74) is 1.20. The van der Waals surface area contributed by atoms with Crippen molar-refractivity contribution in [3.8, 4) is 0 Å². The zero-order chi connectivity index (χ0) is 11.4. The molecule has 0 unspecified atom stereocenters. The van der Waals surface area contributed by atoms with E-state index in [1.807, 2.05) is 12.1 Å². The largest absolute Gasteiger partial charge is 0.396 e. The highest BCUT2D eigenvalue weighted by Gasteiger charge is 2.38. The highest BCUT2D eigenvalue weighted by Crippen LogP contribution is 2.27. The lowest BCUT2D eigenvalue weighted by Crippen LogP contribution is -2.52. The first kappa shape index (κ1) is 11.5. The average molecular weight is 222 g/mol. The quantitative estimate of drug-likeness (QED) is 0.789. The van der Waals surface area contributed by atoms with E-state index in [-0.39, 0.29) is 12.0 Å². The molecule has 1 aliphatic rings. The Kier molecular flexibility index (Phi) is 3.53. The van der Waals surface area contributed by atoms with Crippen LogP contribution in [-0.2, 0) is 11.3 Å². The van der Waals surface area contributed by atoms with Crippen molar-refractivity contribution in [3.63, 3.8) is 0 Å². The number of pyridine rings is 1. The van der Waals surface area contributed by atoms with E-state index in [2.05, 4.69) is 16.9 Å². The van der Waals surface area contributed by atoms with Gasteiger partial charge in [-0.05, 0) is 24.7 Å². The molecule has 2 rings (SSSR count). The Morgan fingerprint density at radius 1 is 1.44 bits per heavy atom. The number of hydrogen-bond acceptors (Lipinski definition) is 4. The molecule has 1 aromatic heterocycles. The molecule has 1 aliphatic heterocycles. The molecule has 0 aliphatic carbocycles. The Labute approximate surface area is 95.9 Å². The van der Waals surface area contributed by atoms with Crippen LogP contribution in [0.15, 0.2) is 24.5 Å². The van der Waals surface area contributed by atoms with Crippen LogP contribution in [0.2, 0.25) is 0 Å². The molecule has 88 valence electrons. The van der Waals surface area contributed by atoms with Crippen molar-refractivity contribution in [1.29, 1.82) is 0 Å². The molecular formula is C12H18N2O2. The molecule has 1 fully saturated rings. The maximum absolute atomic E-state index is 9.33. The summed E-state index contributed by atoms with van der Waals surface area (Å²) >= 11 is 0. The monoisotopic (exact) mass is 222 g/mol. The molecule has 0 bridgehead atoms. The minimum absolute atomic E-state index is 0.0399. The van der Waals surface area contributed by atoms with Crippen molar-refractivity contribution >= 4 is 0 Å². The van der Waals surface area contributed by atoms with Gasteiger partial charge in [-0.1, -0.05) is 0 Å². The summed E-state index contributed by atoms with van der Waals surface area (Å²) in [6.07, 6.45) is 3.61. The standard InChI is InChI=1S/C12H18N2O2/c1-14(6-11-2-4-13-5-3-11)7-12(8-15)9-16-10-12/h2-5,15H,6-10H2,1H3. The minimum atomic E-state index is -0.0399.